The van der Waals surface area contributed by atoms with Crippen molar-refractivity contribution in [2.24, 2.45) is 5.92 Å². The lowest BCUT2D eigenvalue weighted by atomic mass is 9.98. The smallest absolute Gasteiger partial charge is 0.216 e. The lowest BCUT2D eigenvalue weighted by molar-refractivity contribution is 0.214. The highest BCUT2D eigenvalue weighted by atomic mass is 16.5. The molecule has 0 aromatic carbocycles. The third kappa shape index (κ3) is 4.02. The van der Waals surface area contributed by atoms with Gasteiger partial charge in [-0.25, -0.2) is 15.0 Å². The maximum atomic E-state index is 5.91. The van der Waals surface area contributed by atoms with E-state index in [1.165, 1.54) is 0 Å². The van der Waals surface area contributed by atoms with Crippen LogP contribution in [0.25, 0.3) is 0 Å². The second-order valence-corrected chi connectivity index (χ2v) is 6.79. The molecule has 0 amide bonds. The molecule has 0 radical (unpaired) electrons. The summed E-state index contributed by atoms with van der Waals surface area (Å²) in [5.41, 5.74) is 1.09. The number of nitrogens with zero attached hydrogens (tertiary/aromatic N) is 4. The van der Waals surface area contributed by atoms with E-state index in [2.05, 4.69) is 28.7 Å². The standard InChI is InChI=1S/C19H26N4O/c1-14(2)18-20-10-6-17(22-18)23-11-7-16(8-12-23)13-24-19-15(3)5-4-9-21-19/h4-6,9-10,14,16H,7-8,11-13H2,1-3H3. The normalized spacial score (nSPS) is 15.8. The zero-order chi connectivity index (χ0) is 16.9. The van der Waals surface area contributed by atoms with Crippen molar-refractivity contribution in [2.45, 2.75) is 39.5 Å². The van der Waals surface area contributed by atoms with Crippen molar-refractivity contribution in [3.8, 4) is 5.88 Å². The van der Waals surface area contributed by atoms with Crippen LogP contribution >= 0.6 is 0 Å². The third-order valence-electron chi connectivity index (χ3n) is 4.53. The first-order chi connectivity index (χ1) is 11.6. The van der Waals surface area contributed by atoms with E-state index >= 15 is 0 Å². The number of anilines is 1. The Morgan fingerprint density at radius 3 is 2.67 bits per heavy atom. The molecule has 2 aromatic heterocycles. The van der Waals surface area contributed by atoms with Crippen LogP contribution in [0.3, 0.4) is 0 Å². The number of aromatic nitrogens is 3. The fourth-order valence-corrected chi connectivity index (χ4v) is 2.97. The van der Waals surface area contributed by atoms with Gasteiger partial charge in [0.25, 0.3) is 0 Å². The lowest BCUT2D eigenvalue weighted by Crippen LogP contribution is -2.36. The molecule has 128 valence electrons. The molecular weight excluding hydrogens is 300 g/mol. The van der Waals surface area contributed by atoms with E-state index in [4.69, 9.17) is 9.72 Å². The minimum absolute atomic E-state index is 0.359. The Bertz CT molecular complexity index is 666. The molecule has 24 heavy (non-hydrogen) atoms. The fourth-order valence-electron chi connectivity index (χ4n) is 2.97. The van der Waals surface area contributed by atoms with Crippen molar-refractivity contribution in [1.82, 2.24) is 15.0 Å². The SMILES string of the molecule is Cc1cccnc1OCC1CCN(c2ccnc(C(C)C)n2)CC1. The van der Waals surface area contributed by atoms with E-state index in [0.717, 1.165) is 55.6 Å². The average molecular weight is 326 g/mol. The quantitative estimate of drug-likeness (QED) is 0.840. The Labute approximate surface area is 144 Å². The Kier molecular flexibility index (Phi) is 5.28. The highest BCUT2D eigenvalue weighted by Crippen LogP contribution is 2.24. The first-order valence-corrected chi connectivity index (χ1v) is 8.76. The number of pyridine rings is 1. The molecule has 0 saturated carbocycles. The summed E-state index contributed by atoms with van der Waals surface area (Å²) in [4.78, 5) is 15.7. The maximum absolute atomic E-state index is 5.91. The molecule has 0 atom stereocenters. The monoisotopic (exact) mass is 326 g/mol. The third-order valence-corrected chi connectivity index (χ3v) is 4.53. The summed E-state index contributed by atoms with van der Waals surface area (Å²) in [5, 5.41) is 0. The molecular formula is C19H26N4O. The van der Waals surface area contributed by atoms with Crippen molar-refractivity contribution < 1.29 is 4.74 Å². The van der Waals surface area contributed by atoms with Gasteiger partial charge in [-0.05, 0) is 37.8 Å². The molecule has 0 aliphatic carbocycles. The van der Waals surface area contributed by atoms with Gasteiger partial charge in [0.2, 0.25) is 5.88 Å². The topological polar surface area (TPSA) is 51.1 Å². The van der Waals surface area contributed by atoms with Crippen LogP contribution in [0, 0.1) is 12.8 Å². The van der Waals surface area contributed by atoms with Crippen molar-refractivity contribution >= 4 is 5.82 Å². The minimum Gasteiger partial charge on any atom is -0.477 e. The van der Waals surface area contributed by atoms with Crippen LogP contribution < -0.4 is 9.64 Å². The van der Waals surface area contributed by atoms with Crippen molar-refractivity contribution in [3.63, 3.8) is 0 Å². The van der Waals surface area contributed by atoms with E-state index in [0.29, 0.717) is 11.8 Å². The summed E-state index contributed by atoms with van der Waals surface area (Å²) in [5.74, 6) is 3.67. The molecule has 1 saturated heterocycles. The Hall–Kier alpha value is -2.17. The number of rotatable bonds is 5. The predicted octanol–water partition coefficient (Wildman–Crippen LogP) is 3.60. The second-order valence-electron chi connectivity index (χ2n) is 6.79. The van der Waals surface area contributed by atoms with Gasteiger partial charge in [-0.15, -0.1) is 0 Å². The summed E-state index contributed by atoms with van der Waals surface area (Å²) in [7, 11) is 0. The Morgan fingerprint density at radius 2 is 1.96 bits per heavy atom. The second kappa shape index (κ2) is 7.60. The average Bonchev–Trinajstić information content (AvgIpc) is 2.61. The van der Waals surface area contributed by atoms with Gasteiger partial charge in [0.05, 0.1) is 6.61 Å². The van der Waals surface area contributed by atoms with E-state index < -0.39 is 0 Å². The van der Waals surface area contributed by atoms with Gasteiger partial charge in [0, 0.05) is 37.0 Å². The summed E-state index contributed by atoms with van der Waals surface area (Å²) in [6.07, 6.45) is 5.89. The summed E-state index contributed by atoms with van der Waals surface area (Å²) >= 11 is 0. The summed E-state index contributed by atoms with van der Waals surface area (Å²) < 4.78 is 5.91. The number of aryl methyl sites for hydroxylation is 1. The Morgan fingerprint density at radius 1 is 1.17 bits per heavy atom. The summed E-state index contributed by atoms with van der Waals surface area (Å²) in [6.45, 7) is 9.07. The van der Waals surface area contributed by atoms with Crippen LogP contribution in [0.4, 0.5) is 5.82 Å². The van der Waals surface area contributed by atoms with Crippen molar-refractivity contribution in [2.75, 3.05) is 24.6 Å². The van der Waals surface area contributed by atoms with E-state index in [1.807, 2.05) is 31.3 Å². The number of hydrogen-bond acceptors (Lipinski definition) is 5. The molecule has 1 aliphatic rings. The molecule has 0 unspecified atom stereocenters. The van der Waals surface area contributed by atoms with Crippen LogP contribution in [-0.4, -0.2) is 34.6 Å². The lowest BCUT2D eigenvalue weighted by Gasteiger charge is -2.32. The maximum Gasteiger partial charge on any atom is 0.216 e. The molecule has 3 heterocycles. The minimum atomic E-state index is 0.359. The van der Waals surface area contributed by atoms with Gasteiger partial charge in [-0.2, -0.15) is 0 Å². The summed E-state index contributed by atoms with van der Waals surface area (Å²) in [6, 6.07) is 5.99. The van der Waals surface area contributed by atoms with E-state index in [1.54, 1.807) is 6.20 Å². The van der Waals surface area contributed by atoms with Crippen LogP contribution in [0.5, 0.6) is 5.88 Å². The first-order valence-electron chi connectivity index (χ1n) is 8.76. The van der Waals surface area contributed by atoms with Gasteiger partial charge in [-0.1, -0.05) is 19.9 Å². The van der Waals surface area contributed by atoms with Gasteiger partial charge in [0.1, 0.15) is 11.6 Å². The van der Waals surface area contributed by atoms with Gasteiger partial charge < -0.3 is 9.64 Å². The van der Waals surface area contributed by atoms with Crippen LogP contribution in [0.1, 0.15) is 44.0 Å². The van der Waals surface area contributed by atoms with Crippen LogP contribution in [0.15, 0.2) is 30.6 Å². The van der Waals surface area contributed by atoms with Crippen molar-refractivity contribution in [3.05, 3.63) is 42.0 Å². The van der Waals surface area contributed by atoms with Gasteiger partial charge >= 0.3 is 0 Å². The largest absolute Gasteiger partial charge is 0.477 e. The van der Waals surface area contributed by atoms with Crippen LogP contribution in [0.2, 0.25) is 0 Å². The molecule has 1 aliphatic heterocycles. The highest BCUT2D eigenvalue weighted by molar-refractivity contribution is 5.38. The Balaban J connectivity index is 1.52. The molecule has 5 nitrogen and oxygen atoms in total. The van der Waals surface area contributed by atoms with Crippen molar-refractivity contribution in [1.29, 1.82) is 0 Å². The number of piperidine rings is 1. The van der Waals surface area contributed by atoms with E-state index in [-0.39, 0.29) is 0 Å². The van der Waals surface area contributed by atoms with Crippen LogP contribution in [-0.2, 0) is 0 Å². The predicted molar refractivity (Wildman–Crippen MR) is 95.5 cm³/mol. The molecule has 2 aromatic rings. The highest BCUT2D eigenvalue weighted by Gasteiger charge is 2.21. The zero-order valence-electron chi connectivity index (χ0n) is 14.8. The fraction of sp³-hybridized carbons (Fsp3) is 0.526. The van der Waals surface area contributed by atoms with Gasteiger partial charge in [0.15, 0.2) is 0 Å². The molecule has 3 rings (SSSR count). The number of hydrogen-bond donors (Lipinski definition) is 0. The molecule has 5 heteroatoms. The molecule has 1 fully saturated rings. The molecule has 0 bridgehead atoms. The molecule has 0 N–H and O–H groups in total. The molecule has 0 spiro atoms. The zero-order valence-corrected chi connectivity index (χ0v) is 14.8. The first kappa shape index (κ1) is 16.7. The van der Waals surface area contributed by atoms with E-state index in [9.17, 15) is 0 Å². The van der Waals surface area contributed by atoms with Gasteiger partial charge in [-0.3, -0.25) is 0 Å². The number of ether oxygens (including phenoxy) is 1.